The maximum absolute atomic E-state index is 5.89. The van der Waals surface area contributed by atoms with E-state index in [1.165, 1.54) is 38.8 Å². The zero-order valence-corrected chi connectivity index (χ0v) is 10.2. The summed E-state index contributed by atoms with van der Waals surface area (Å²) < 4.78 is 5.89. The second-order valence-electron chi connectivity index (χ2n) is 4.73. The minimum absolute atomic E-state index is 0.516. The quantitative estimate of drug-likeness (QED) is 0.564. The summed E-state index contributed by atoms with van der Waals surface area (Å²) in [5.41, 5.74) is 0. The average Bonchev–Trinajstić information content (AvgIpc) is 2.37. The number of nitrogens with zero attached hydrogens (tertiary/aromatic N) is 1. The molecule has 2 aliphatic heterocycles. The van der Waals surface area contributed by atoms with Crippen molar-refractivity contribution < 1.29 is 4.74 Å². The van der Waals surface area contributed by atoms with E-state index in [0.29, 0.717) is 6.10 Å². The molecule has 1 saturated heterocycles. The first-order valence-electron chi connectivity index (χ1n) is 6.65. The standard InChI is InChI=1S/C13H24N2O/c1-2-9-15(10-3-1)11-4-12-16-13-5-7-14-8-6-13/h1-2,13-14H,3-12H2. The molecule has 0 unspecified atom stereocenters. The molecular weight excluding hydrogens is 200 g/mol. The third-order valence-corrected chi connectivity index (χ3v) is 3.40. The van der Waals surface area contributed by atoms with Crippen molar-refractivity contribution in [2.24, 2.45) is 0 Å². The van der Waals surface area contributed by atoms with Gasteiger partial charge in [0.2, 0.25) is 0 Å². The van der Waals surface area contributed by atoms with E-state index in [1.54, 1.807) is 0 Å². The lowest BCUT2D eigenvalue weighted by atomic mass is 10.1. The van der Waals surface area contributed by atoms with Crippen LogP contribution in [0.1, 0.15) is 25.7 Å². The second kappa shape index (κ2) is 7.05. The topological polar surface area (TPSA) is 24.5 Å². The molecule has 2 heterocycles. The van der Waals surface area contributed by atoms with Crippen molar-refractivity contribution >= 4 is 0 Å². The second-order valence-corrected chi connectivity index (χ2v) is 4.73. The predicted octanol–water partition coefficient (Wildman–Crippen LogP) is 1.41. The molecular formula is C13H24N2O. The van der Waals surface area contributed by atoms with E-state index in [-0.39, 0.29) is 0 Å². The van der Waals surface area contributed by atoms with E-state index in [2.05, 4.69) is 22.4 Å². The molecule has 0 atom stereocenters. The first-order chi connectivity index (χ1) is 7.95. The van der Waals surface area contributed by atoms with Crippen LogP contribution in [-0.2, 0) is 4.74 Å². The molecule has 0 amide bonds. The lowest BCUT2D eigenvalue weighted by molar-refractivity contribution is 0.0281. The number of piperidine rings is 1. The molecule has 92 valence electrons. The predicted molar refractivity (Wildman–Crippen MR) is 66.7 cm³/mol. The number of rotatable bonds is 5. The number of ether oxygens (including phenoxy) is 1. The van der Waals surface area contributed by atoms with Gasteiger partial charge in [0, 0.05) is 26.2 Å². The van der Waals surface area contributed by atoms with Crippen molar-refractivity contribution in [1.82, 2.24) is 10.2 Å². The maximum Gasteiger partial charge on any atom is 0.0599 e. The van der Waals surface area contributed by atoms with Gasteiger partial charge in [0.1, 0.15) is 0 Å². The van der Waals surface area contributed by atoms with E-state index in [1.807, 2.05) is 0 Å². The van der Waals surface area contributed by atoms with Gasteiger partial charge in [0.25, 0.3) is 0 Å². The molecule has 0 aromatic carbocycles. The summed E-state index contributed by atoms with van der Waals surface area (Å²) in [6.45, 7) is 6.74. The van der Waals surface area contributed by atoms with E-state index in [0.717, 1.165) is 26.2 Å². The third kappa shape index (κ3) is 4.24. The Kier molecular flexibility index (Phi) is 5.32. The van der Waals surface area contributed by atoms with Crippen LogP contribution in [0.4, 0.5) is 0 Å². The number of hydrogen-bond donors (Lipinski definition) is 1. The SMILES string of the molecule is C1=CCN(CCCOC2CCNCC2)CC1. The summed E-state index contributed by atoms with van der Waals surface area (Å²) in [6, 6.07) is 0. The molecule has 0 spiro atoms. The van der Waals surface area contributed by atoms with Crippen molar-refractivity contribution in [2.45, 2.75) is 31.8 Å². The van der Waals surface area contributed by atoms with Crippen LogP contribution in [0.25, 0.3) is 0 Å². The van der Waals surface area contributed by atoms with Crippen LogP contribution in [0.2, 0.25) is 0 Å². The van der Waals surface area contributed by atoms with Gasteiger partial charge in [0.05, 0.1) is 6.10 Å². The number of nitrogens with one attached hydrogen (secondary N) is 1. The molecule has 1 fully saturated rings. The fourth-order valence-electron chi connectivity index (χ4n) is 2.39. The Hall–Kier alpha value is -0.380. The Labute approximate surface area is 98.8 Å². The first kappa shape index (κ1) is 12.1. The minimum Gasteiger partial charge on any atom is -0.378 e. The highest BCUT2D eigenvalue weighted by Gasteiger charge is 2.13. The maximum atomic E-state index is 5.89. The summed E-state index contributed by atoms with van der Waals surface area (Å²) in [7, 11) is 0. The van der Waals surface area contributed by atoms with Gasteiger partial charge in [-0.2, -0.15) is 0 Å². The normalized spacial score (nSPS) is 23.8. The smallest absolute Gasteiger partial charge is 0.0599 e. The molecule has 16 heavy (non-hydrogen) atoms. The number of hydrogen-bond acceptors (Lipinski definition) is 3. The van der Waals surface area contributed by atoms with E-state index >= 15 is 0 Å². The van der Waals surface area contributed by atoms with E-state index in [4.69, 9.17) is 4.74 Å². The van der Waals surface area contributed by atoms with Crippen molar-refractivity contribution in [3.63, 3.8) is 0 Å². The third-order valence-electron chi connectivity index (χ3n) is 3.40. The molecule has 0 aromatic rings. The Morgan fingerprint density at radius 1 is 1.25 bits per heavy atom. The van der Waals surface area contributed by atoms with Crippen LogP contribution in [0.5, 0.6) is 0 Å². The molecule has 0 saturated carbocycles. The molecule has 3 nitrogen and oxygen atoms in total. The lowest BCUT2D eigenvalue weighted by Crippen LogP contribution is -2.33. The highest BCUT2D eigenvalue weighted by molar-refractivity contribution is 4.90. The Bertz CT molecular complexity index is 212. The Balaban J connectivity index is 1.49. The van der Waals surface area contributed by atoms with Crippen LogP contribution < -0.4 is 5.32 Å². The molecule has 0 radical (unpaired) electrons. The van der Waals surface area contributed by atoms with Crippen LogP contribution in [0.3, 0.4) is 0 Å². The van der Waals surface area contributed by atoms with E-state index < -0.39 is 0 Å². The van der Waals surface area contributed by atoms with Gasteiger partial charge in [-0.05, 0) is 38.8 Å². The Morgan fingerprint density at radius 2 is 2.12 bits per heavy atom. The van der Waals surface area contributed by atoms with Crippen molar-refractivity contribution in [2.75, 3.05) is 39.3 Å². The molecule has 0 aliphatic carbocycles. The largest absolute Gasteiger partial charge is 0.378 e. The summed E-state index contributed by atoms with van der Waals surface area (Å²) >= 11 is 0. The van der Waals surface area contributed by atoms with Gasteiger partial charge in [0.15, 0.2) is 0 Å². The summed E-state index contributed by atoms with van der Waals surface area (Å²) in [6.07, 6.45) is 9.84. The molecule has 0 bridgehead atoms. The van der Waals surface area contributed by atoms with E-state index in [9.17, 15) is 0 Å². The van der Waals surface area contributed by atoms with Crippen molar-refractivity contribution in [3.05, 3.63) is 12.2 Å². The molecule has 2 rings (SSSR count). The molecule has 3 heteroatoms. The van der Waals surface area contributed by atoms with Gasteiger partial charge in [-0.3, -0.25) is 4.90 Å². The van der Waals surface area contributed by atoms with Crippen LogP contribution in [0.15, 0.2) is 12.2 Å². The van der Waals surface area contributed by atoms with Gasteiger partial charge >= 0.3 is 0 Å². The summed E-state index contributed by atoms with van der Waals surface area (Å²) in [5, 5.41) is 3.36. The minimum atomic E-state index is 0.516. The fourth-order valence-corrected chi connectivity index (χ4v) is 2.39. The van der Waals surface area contributed by atoms with Gasteiger partial charge < -0.3 is 10.1 Å². The molecule has 1 N–H and O–H groups in total. The van der Waals surface area contributed by atoms with Gasteiger partial charge in [-0.25, -0.2) is 0 Å². The van der Waals surface area contributed by atoms with Crippen molar-refractivity contribution in [3.8, 4) is 0 Å². The zero-order chi connectivity index (χ0) is 11.1. The fraction of sp³-hybridized carbons (Fsp3) is 0.846. The van der Waals surface area contributed by atoms with Gasteiger partial charge in [-0.15, -0.1) is 0 Å². The highest BCUT2D eigenvalue weighted by atomic mass is 16.5. The molecule has 2 aliphatic rings. The van der Waals surface area contributed by atoms with Crippen LogP contribution in [0, 0.1) is 0 Å². The summed E-state index contributed by atoms with van der Waals surface area (Å²) in [5.74, 6) is 0. The monoisotopic (exact) mass is 224 g/mol. The average molecular weight is 224 g/mol. The zero-order valence-electron chi connectivity index (χ0n) is 10.2. The highest BCUT2D eigenvalue weighted by Crippen LogP contribution is 2.08. The molecule has 0 aromatic heterocycles. The lowest BCUT2D eigenvalue weighted by Gasteiger charge is -2.25. The summed E-state index contributed by atoms with van der Waals surface area (Å²) in [4.78, 5) is 2.51. The first-order valence-corrected chi connectivity index (χ1v) is 6.65. The van der Waals surface area contributed by atoms with Crippen LogP contribution in [-0.4, -0.2) is 50.3 Å². The van der Waals surface area contributed by atoms with Crippen LogP contribution >= 0.6 is 0 Å². The van der Waals surface area contributed by atoms with Crippen molar-refractivity contribution in [1.29, 1.82) is 0 Å². The Morgan fingerprint density at radius 3 is 2.88 bits per heavy atom. The van der Waals surface area contributed by atoms with Gasteiger partial charge in [-0.1, -0.05) is 12.2 Å².